The Morgan fingerprint density at radius 2 is 1.58 bits per heavy atom. The zero-order valence-corrected chi connectivity index (χ0v) is 16.5. The van der Waals surface area contributed by atoms with Crippen LogP contribution in [0.5, 0.6) is 11.5 Å². The van der Waals surface area contributed by atoms with Crippen LogP contribution in [0, 0.1) is 0 Å². The van der Waals surface area contributed by atoms with E-state index in [0.29, 0.717) is 33.4 Å². The first-order valence-electron chi connectivity index (χ1n) is 9.35. The number of rotatable bonds is 5. The van der Waals surface area contributed by atoms with E-state index in [-0.39, 0.29) is 23.7 Å². The van der Waals surface area contributed by atoms with Gasteiger partial charge >= 0.3 is 11.9 Å². The van der Waals surface area contributed by atoms with Crippen LogP contribution in [0.4, 0.5) is 0 Å². The third-order valence-corrected chi connectivity index (χ3v) is 4.71. The highest BCUT2D eigenvalue weighted by molar-refractivity contribution is 6.08. The second kappa shape index (κ2) is 8.23. The molecule has 7 heteroatoms. The van der Waals surface area contributed by atoms with Crippen molar-refractivity contribution in [3.63, 3.8) is 0 Å². The van der Waals surface area contributed by atoms with Gasteiger partial charge in [-0.1, -0.05) is 42.5 Å². The summed E-state index contributed by atoms with van der Waals surface area (Å²) >= 11 is 0. The number of carbonyl (C=O) groups is 2. The molecule has 1 aromatic heterocycles. The van der Waals surface area contributed by atoms with E-state index < -0.39 is 11.9 Å². The first kappa shape index (κ1) is 20.0. The first-order valence-corrected chi connectivity index (χ1v) is 9.35. The van der Waals surface area contributed by atoms with Crippen LogP contribution in [-0.2, 0) is 16.1 Å². The van der Waals surface area contributed by atoms with Gasteiger partial charge in [0.25, 0.3) is 0 Å². The van der Waals surface area contributed by atoms with Crippen molar-refractivity contribution in [2.45, 2.75) is 6.61 Å². The van der Waals surface area contributed by atoms with Gasteiger partial charge in [-0.15, -0.1) is 0 Å². The van der Waals surface area contributed by atoms with Crippen molar-refractivity contribution in [3.05, 3.63) is 83.4 Å². The van der Waals surface area contributed by atoms with Gasteiger partial charge in [0.1, 0.15) is 35.0 Å². The van der Waals surface area contributed by atoms with Crippen molar-refractivity contribution in [1.82, 2.24) is 0 Å². The van der Waals surface area contributed by atoms with Gasteiger partial charge in [0.05, 0.1) is 12.7 Å². The molecule has 0 atom stereocenters. The van der Waals surface area contributed by atoms with E-state index in [1.165, 1.54) is 19.2 Å². The summed E-state index contributed by atoms with van der Waals surface area (Å²) in [7, 11) is 1.32. The topological polar surface area (TPSA) is 106 Å². The third-order valence-electron chi connectivity index (χ3n) is 4.71. The minimum absolute atomic E-state index is 0.0144. The van der Waals surface area contributed by atoms with Gasteiger partial charge in [-0.05, 0) is 23.8 Å². The number of ether oxygens (including phenoxy) is 2. The van der Waals surface area contributed by atoms with Crippen LogP contribution in [0.1, 0.15) is 26.3 Å². The molecule has 0 fully saturated rings. The average Bonchev–Trinajstić information content (AvgIpc) is 3.16. The highest BCUT2D eigenvalue weighted by atomic mass is 16.5. The van der Waals surface area contributed by atoms with Gasteiger partial charge < -0.3 is 24.1 Å². The molecular formula is C24H18O7. The summed E-state index contributed by atoms with van der Waals surface area (Å²) in [4.78, 5) is 24.5. The molecule has 7 nitrogen and oxygen atoms in total. The number of phenols is 2. The number of aromatic hydroxyl groups is 2. The Morgan fingerprint density at radius 1 is 0.903 bits per heavy atom. The maximum absolute atomic E-state index is 12.3. The van der Waals surface area contributed by atoms with Crippen molar-refractivity contribution >= 4 is 22.9 Å². The average molecular weight is 418 g/mol. The van der Waals surface area contributed by atoms with Gasteiger partial charge in [0.15, 0.2) is 0 Å². The zero-order chi connectivity index (χ0) is 22.0. The number of esters is 2. The van der Waals surface area contributed by atoms with E-state index in [4.69, 9.17) is 13.9 Å². The highest BCUT2D eigenvalue weighted by Gasteiger charge is 2.22. The molecule has 0 bridgehead atoms. The maximum atomic E-state index is 12.3. The van der Waals surface area contributed by atoms with Crippen molar-refractivity contribution in [1.29, 1.82) is 0 Å². The number of furan rings is 1. The molecule has 2 N–H and O–H groups in total. The molecule has 0 aliphatic heterocycles. The Labute approximate surface area is 177 Å². The van der Waals surface area contributed by atoms with Crippen LogP contribution in [0.25, 0.3) is 22.3 Å². The second-order valence-corrected chi connectivity index (χ2v) is 6.81. The molecule has 0 aliphatic rings. The second-order valence-electron chi connectivity index (χ2n) is 6.81. The molecule has 31 heavy (non-hydrogen) atoms. The van der Waals surface area contributed by atoms with E-state index in [0.717, 1.165) is 6.07 Å². The summed E-state index contributed by atoms with van der Waals surface area (Å²) in [5.41, 5.74) is 2.34. The van der Waals surface area contributed by atoms with Gasteiger partial charge in [0, 0.05) is 17.0 Å². The lowest BCUT2D eigenvalue weighted by Gasteiger charge is -2.07. The largest absolute Gasteiger partial charge is 0.508 e. The van der Waals surface area contributed by atoms with Crippen molar-refractivity contribution in [3.8, 4) is 22.8 Å². The summed E-state index contributed by atoms with van der Waals surface area (Å²) in [6, 6.07) is 17.8. The molecule has 4 aromatic rings. The lowest BCUT2D eigenvalue weighted by Crippen LogP contribution is -2.05. The summed E-state index contributed by atoms with van der Waals surface area (Å²) in [5, 5.41) is 19.6. The van der Waals surface area contributed by atoms with Crippen molar-refractivity contribution in [2.75, 3.05) is 7.11 Å². The molecule has 4 rings (SSSR count). The fourth-order valence-corrected chi connectivity index (χ4v) is 3.25. The Bertz CT molecular complexity index is 1250. The highest BCUT2D eigenvalue weighted by Crippen LogP contribution is 2.34. The Morgan fingerprint density at radius 3 is 2.26 bits per heavy atom. The van der Waals surface area contributed by atoms with Gasteiger partial charge in [0.2, 0.25) is 0 Å². The van der Waals surface area contributed by atoms with Crippen LogP contribution in [0.15, 0.2) is 71.1 Å². The quantitative estimate of drug-likeness (QED) is 0.454. The standard InChI is InChI=1S/C24H18O7/c1-29-24(28)21-19-4-2-3-5-20(19)31-22(21)15-8-6-14(7-9-15)13-30-23(27)16-10-17(25)12-18(26)11-16/h2-12,25-26H,13H2,1H3. The van der Waals surface area contributed by atoms with E-state index in [2.05, 4.69) is 0 Å². The van der Waals surface area contributed by atoms with E-state index in [1.807, 2.05) is 12.1 Å². The smallest absolute Gasteiger partial charge is 0.342 e. The number of benzene rings is 3. The number of fused-ring (bicyclic) bond motifs is 1. The number of para-hydroxylation sites is 1. The number of hydrogen-bond acceptors (Lipinski definition) is 7. The van der Waals surface area contributed by atoms with Crippen LogP contribution >= 0.6 is 0 Å². The fourth-order valence-electron chi connectivity index (χ4n) is 3.25. The Balaban J connectivity index is 1.55. The Hall–Kier alpha value is -4.26. The third kappa shape index (κ3) is 4.06. The van der Waals surface area contributed by atoms with Crippen LogP contribution < -0.4 is 0 Å². The number of phenolic OH excluding ortho intramolecular Hbond substituents is 2. The van der Waals surface area contributed by atoms with Gasteiger partial charge in [-0.2, -0.15) is 0 Å². The first-order chi connectivity index (χ1) is 15.0. The Kier molecular flexibility index (Phi) is 5.32. The number of carbonyl (C=O) groups excluding carboxylic acids is 2. The summed E-state index contributed by atoms with van der Waals surface area (Å²) < 4.78 is 16.1. The lowest BCUT2D eigenvalue weighted by atomic mass is 10.0. The molecule has 0 saturated heterocycles. The molecule has 0 spiro atoms. The van der Waals surface area contributed by atoms with E-state index in [1.54, 1.807) is 36.4 Å². The minimum atomic E-state index is -0.680. The van der Waals surface area contributed by atoms with Gasteiger partial charge in [-0.3, -0.25) is 0 Å². The molecular weight excluding hydrogens is 400 g/mol. The fraction of sp³-hybridized carbons (Fsp3) is 0.0833. The zero-order valence-electron chi connectivity index (χ0n) is 16.5. The van der Waals surface area contributed by atoms with Gasteiger partial charge in [-0.25, -0.2) is 9.59 Å². The molecule has 1 heterocycles. The lowest BCUT2D eigenvalue weighted by molar-refractivity contribution is 0.0471. The molecule has 0 radical (unpaired) electrons. The molecule has 0 saturated carbocycles. The molecule has 156 valence electrons. The minimum Gasteiger partial charge on any atom is -0.508 e. The molecule has 0 amide bonds. The molecule has 0 unspecified atom stereocenters. The van der Waals surface area contributed by atoms with Crippen LogP contribution in [-0.4, -0.2) is 29.3 Å². The van der Waals surface area contributed by atoms with E-state index in [9.17, 15) is 19.8 Å². The van der Waals surface area contributed by atoms with Crippen molar-refractivity contribution in [2.24, 2.45) is 0 Å². The summed E-state index contributed by atoms with van der Waals surface area (Å²) in [5.74, 6) is -1.24. The van der Waals surface area contributed by atoms with Crippen LogP contribution in [0.2, 0.25) is 0 Å². The van der Waals surface area contributed by atoms with Crippen LogP contribution in [0.3, 0.4) is 0 Å². The number of methoxy groups -OCH3 is 1. The predicted molar refractivity (Wildman–Crippen MR) is 112 cm³/mol. The molecule has 0 aliphatic carbocycles. The summed E-state index contributed by atoms with van der Waals surface area (Å²) in [6.45, 7) is -0.0144. The SMILES string of the molecule is COC(=O)c1c(-c2ccc(COC(=O)c3cc(O)cc(O)c3)cc2)oc2ccccc12. The normalized spacial score (nSPS) is 10.7. The monoisotopic (exact) mass is 418 g/mol. The van der Waals surface area contributed by atoms with E-state index >= 15 is 0 Å². The molecule has 3 aromatic carbocycles. The predicted octanol–water partition coefficient (Wildman–Crippen LogP) is 4.65. The number of hydrogen-bond donors (Lipinski definition) is 2. The maximum Gasteiger partial charge on any atom is 0.342 e. The summed E-state index contributed by atoms with van der Waals surface area (Å²) in [6.07, 6.45) is 0. The van der Waals surface area contributed by atoms with Crippen molar-refractivity contribution < 1.29 is 33.7 Å².